The predicted molar refractivity (Wildman–Crippen MR) is 83.8 cm³/mol. The zero-order valence-electron chi connectivity index (χ0n) is 13.1. The van der Waals surface area contributed by atoms with Crippen LogP contribution in [0.2, 0.25) is 0 Å². The molecule has 0 bridgehead atoms. The van der Waals surface area contributed by atoms with Crippen LogP contribution < -0.4 is 9.64 Å². The van der Waals surface area contributed by atoms with E-state index in [1.54, 1.807) is 12.1 Å². The molecule has 1 heterocycles. The number of carbonyl (C=O) groups is 1. The van der Waals surface area contributed by atoms with Gasteiger partial charge in [0.25, 0.3) is 0 Å². The third-order valence-electron chi connectivity index (χ3n) is 4.09. The molecule has 7 heteroatoms. The number of fused-ring (bicyclic) bond motifs is 1. The Morgan fingerprint density at radius 2 is 1.88 bits per heavy atom. The summed E-state index contributed by atoms with van der Waals surface area (Å²) in [4.78, 5) is 13.8. The van der Waals surface area contributed by atoms with Crippen molar-refractivity contribution in [1.82, 2.24) is 0 Å². The van der Waals surface area contributed by atoms with Gasteiger partial charge in [-0.2, -0.15) is 8.78 Å². The topological polar surface area (TPSA) is 29.5 Å². The van der Waals surface area contributed by atoms with Crippen molar-refractivity contribution >= 4 is 11.6 Å². The predicted octanol–water partition coefficient (Wildman–Crippen LogP) is 4.09. The van der Waals surface area contributed by atoms with E-state index in [4.69, 9.17) is 0 Å². The zero-order valence-corrected chi connectivity index (χ0v) is 13.1. The first-order chi connectivity index (χ1) is 11.9. The van der Waals surface area contributed by atoms with Crippen molar-refractivity contribution in [2.24, 2.45) is 0 Å². The maximum absolute atomic E-state index is 13.7. The molecule has 132 valence electrons. The second kappa shape index (κ2) is 7.13. The largest absolute Gasteiger partial charge is 0.435 e. The van der Waals surface area contributed by atoms with Crippen LogP contribution in [0, 0.1) is 11.6 Å². The Morgan fingerprint density at radius 3 is 2.56 bits per heavy atom. The van der Waals surface area contributed by atoms with E-state index in [1.165, 1.54) is 23.1 Å². The summed E-state index contributed by atoms with van der Waals surface area (Å²) in [6.45, 7) is -2.57. The average molecular weight is 353 g/mol. The molecule has 1 aliphatic rings. The number of alkyl halides is 2. The number of rotatable bonds is 5. The van der Waals surface area contributed by atoms with Crippen LogP contribution in [0.1, 0.15) is 17.5 Å². The second-order valence-corrected chi connectivity index (χ2v) is 5.70. The van der Waals surface area contributed by atoms with E-state index < -0.39 is 18.2 Å². The van der Waals surface area contributed by atoms with Gasteiger partial charge in [-0.05, 0) is 36.6 Å². The summed E-state index contributed by atoms with van der Waals surface area (Å²) < 4.78 is 55.6. The summed E-state index contributed by atoms with van der Waals surface area (Å²) in [7, 11) is 0. The summed E-state index contributed by atoms with van der Waals surface area (Å²) in [5.41, 5.74) is 1.41. The van der Waals surface area contributed by atoms with Crippen molar-refractivity contribution in [2.75, 3.05) is 11.4 Å². The Morgan fingerprint density at radius 1 is 1.16 bits per heavy atom. The number of hydrogen-bond donors (Lipinski definition) is 0. The van der Waals surface area contributed by atoms with Crippen LogP contribution in [0.3, 0.4) is 0 Å². The molecule has 0 spiro atoms. The van der Waals surface area contributed by atoms with Crippen molar-refractivity contribution in [2.45, 2.75) is 25.9 Å². The van der Waals surface area contributed by atoms with Gasteiger partial charge in [-0.25, -0.2) is 8.78 Å². The smallest absolute Gasteiger partial charge is 0.387 e. The van der Waals surface area contributed by atoms with E-state index in [2.05, 4.69) is 4.74 Å². The van der Waals surface area contributed by atoms with Gasteiger partial charge in [0.1, 0.15) is 17.4 Å². The van der Waals surface area contributed by atoms with Crippen molar-refractivity contribution in [3.05, 3.63) is 59.2 Å². The van der Waals surface area contributed by atoms with Gasteiger partial charge in [-0.3, -0.25) is 4.79 Å². The summed E-state index contributed by atoms with van der Waals surface area (Å²) in [5.74, 6) is -1.55. The monoisotopic (exact) mass is 353 g/mol. The number of halogens is 4. The number of anilines is 1. The summed E-state index contributed by atoms with van der Waals surface area (Å²) in [6.07, 6.45) is 0.886. The minimum atomic E-state index is -2.89. The summed E-state index contributed by atoms with van der Waals surface area (Å²) >= 11 is 0. The molecule has 0 aliphatic carbocycles. The molecule has 2 aromatic carbocycles. The Labute approximate surface area is 141 Å². The highest BCUT2D eigenvalue weighted by molar-refractivity contribution is 5.95. The minimum Gasteiger partial charge on any atom is -0.435 e. The highest BCUT2D eigenvalue weighted by Gasteiger charge is 2.27. The van der Waals surface area contributed by atoms with Gasteiger partial charge in [0.05, 0.1) is 5.69 Å². The van der Waals surface area contributed by atoms with E-state index in [9.17, 15) is 22.4 Å². The Hall–Kier alpha value is -2.57. The lowest BCUT2D eigenvalue weighted by Gasteiger charge is -2.17. The molecule has 0 saturated heterocycles. The maximum Gasteiger partial charge on any atom is 0.387 e. The lowest BCUT2D eigenvalue weighted by Crippen LogP contribution is -2.29. The average Bonchev–Trinajstić information content (AvgIpc) is 2.97. The van der Waals surface area contributed by atoms with E-state index >= 15 is 0 Å². The van der Waals surface area contributed by atoms with Crippen LogP contribution in [0.4, 0.5) is 23.2 Å². The molecular formula is C18H15F4NO2. The number of hydrogen-bond acceptors (Lipinski definition) is 2. The normalized spacial score (nSPS) is 13.2. The molecule has 0 atom stereocenters. The van der Waals surface area contributed by atoms with E-state index in [-0.39, 0.29) is 23.8 Å². The first kappa shape index (κ1) is 17.3. The van der Waals surface area contributed by atoms with Crippen LogP contribution in [-0.4, -0.2) is 19.1 Å². The van der Waals surface area contributed by atoms with Crippen molar-refractivity contribution < 1.29 is 27.1 Å². The SMILES string of the molecule is O=C(CCc1ccc(OC(F)F)cc1)N1CCc2c(F)cc(F)cc21. The van der Waals surface area contributed by atoms with Gasteiger partial charge in [-0.1, -0.05) is 12.1 Å². The highest BCUT2D eigenvalue weighted by atomic mass is 19.3. The number of amides is 1. The molecule has 0 N–H and O–H groups in total. The molecule has 1 amide bonds. The molecular weight excluding hydrogens is 338 g/mol. The number of ether oxygens (including phenoxy) is 1. The standard InChI is InChI=1S/C18H15F4NO2/c19-12-9-15(20)14-7-8-23(16(14)10-12)17(24)6-3-11-1-4-13(5-2-11)25-18(21)22/h1-2,4-5,9-10,18H,3,6-8H2. The van der Waals surface area contributed by atoms with Crippen LogP contribution in [-0.2, 0) is 17.6 Å². The lowest BCUT2D eigenvalue weighted by molar-refractivity contribution is -0.118. The van der Waals surface area contributed by atoms with E-state index in [0.717, 1.165) is 11.6 Å². The molecule has 0 saturated carbocycles. The van der Waals surface area contributed by atoms with Gasteiger partial charge in [0.15, 0.2) is 0 Å². The van der Waals surface area contributed by atoms with E-state index in [0.29, 0.717) is 24.9 Å². The molecule has 25 heavy (non-hydrogen) atoms. The molecule has 3 nitrogen and oxygen atoms in total. The van der Waals surface area contributed by atoms with Gasteiger partial charge < -0.3 is 9.64 Å². The van der Waals surface area contributed by atoms with Gasteiger partial charge in [-0.15, -0.1) is 0 Å². The number of benzene rings is 2. The second-order valence-electron chi connectivity index (χ2n) is 5.70. The lowest BCUT2D eigenvalue weighted by atomic mass is 10.1. The quantitative estimate of drug-likeness (QED) is 0.758. The summed E-state index contributed by atoms with van der Waals surface area (Å²) in [6, 6.07) is 7.99. The first-order valence-corrected chi connectivity index (χ1v) is 7.76. The third kappa shape index (κ3) is 3.92. The molecule has 3 rings (SSSR count). The third-order valence-corrected chi connectivity index (χ3v) is 4.09. The van der Waals surface area contributed by atoms with Gasteiger partial charge in [0.2, 0.25) is 5.91 Å². The molecule has 1 aliphatic heterocycles. The van der Waals surface area contributed by atoms with Crippen molar-refractivity contribution in [3.8, 4) is 5.75 Å². The Kier molecular flexibility index (Phi) is 4.92. The molecule has 2 aromatic rings. The van der Waals surface area contributed by atoms with Crippen molar-refractivity contribution in [3.63, 3.8) is 0 Å². The van der Waals surface area contributed by atoms with Crippen LogP contribution in [0.5, 0.6) is 5.75 Å². The minimum absolute atomic E-state index is 0.0458. The van der Waals surface area contributed by atoms with Crippen molar-refractivity contribution in [1.29, 1.82) is 0 Å². The van der Waals surface area contributed by atoms with Gasteiger partial charge >= 0.3 is 6.61 Å². The number of nitrogens with zero attached hydrogens (tertiary/aromatic N) is 1. The fourth-order valence-electron chi connectivity index (χ4n) is 2.91. The fourth-order valence-corrected chi connectivity index (χ4v) is 2.91. The van der Waals surface area contributed by atoms with E-state index in [1.807, 2.05) is 0 Å². The molecule has 0 fully saturated rings. The maximum atomic E-state index is 13.7. The Bertz CT molecular complexity index is 777. The number of aryl methyl sites for hydroxylation is 1. The van der Waals surface area contributed by atoms with Crippen LogP contribution in [0.25, 0.3) is 0 Å². The zero-order chi connectivity index (χ0) is 18.0. The molecule has 0 unspecified atom stereocenters. The molecule has 0 aromatic heterocycles. The summed E-state index contributed by atoms with van der Waals surface area (Å²) in [5, 5.41) is 0. The van der Waals surface area contributed by atoms with Crippen LogP contribution >= 0.6 is 0 Å². The fraction of sp³-hybridized carbons (Fsp3) is 0.278. The Balaban J connectivity index is 1.63. The number of carbonyl (C=O) groups excluding carboxylic acids is 1. The first-order valence-electron chi connectivity index (χ1n) is 7.76. The van der Waals surface area contributed by atoms with Gasteiger partial charge in [0, 0.05) is 24.6 Å². The van der Waals surface area contributed by atoms with Crippen LogP contribution in [0.15, 0.2) is 36.4 Å². The molecule has 0 radical (unpaired) electrons. The highest BCUT2D eigenvalue weighted by Crippen LogP contribution is 2.31.